The normalized spacial score (nSPS) is 16.6. The summed E-state index contributed by atoms with van der Waals surface area (Å²) < 4.78 is 34.2. The van der Waals surface area contributed by atoms with E-state index in [2.05, 4.69) is 10.4 Å². The summed E-state index contributed by atoms with van der Waals surface area (Å²) in [5, 5.41) is 6.81. The number of sulfonamides is 1. The third-order valence-electron chi connectivity index (χ3n) is 5.81. The van der Waals surface area contributed by atoms with Crippen molar-refractivity contribution in [3.8, 4) is 11.4 Å². The van der Waals surface area contributed by atoms with Crippen LogP contribution in [0.4, 0.5) is 5.69 Å². The number of aromatic nitrogens is 2. The van der Waals surface area contributed by atoms with Gasteiger partial charge in [-0.25, -0.2) is 13.1 Å². The molecular weight excluding hydrogens is 468 g/mol. The second-order valence-corrected chi connectivity index (χ2v) is 10.4. The average Bonchev–Trinajstić information content (AvgIpc) is 2.85. The van der Waals surface area contributed by atoms with Gasteiger partial charge >= 0.3 is 0 Å². The van der Waals surface area contributed by atoms with Gasteiger partial charge in [0.2, 0.25) is 15.5 Å². The van der Waals surface area contributed by atoms with Crippen LogP contribution >= 0.6 is 0 Å². The summed E-state index contributed by atoms with van der Waals surface area (Å²) in [7, 11) is -3.60. The standard InChI is InChI=1S/C25H28N4O5S/c1-3-34-21-10-8-20(9-11-21)29-16-14-23(30)24(27-29)25(31)26-19-6-12-22(13-7-19)35(32,33)28-15-4-5-18(2)17-28/h6-14,16,18H,3-5,15,17H2,1-2H3,(H,26,31)/t18-/m0/s1. The molecular formula is C25H28N4O5S. The van der Waals surface area contributed by atoms with E-state index in [1.54, 1.807) is 24.3 Å². The van der Waals surface area contributed by atoms with E-state index in [0.717, 1.165) is 12.8 Å². The molecule has 0 saturated carbocycles. The van der Waals surface area contributed by atoms with Crippen LogP contribution in [0.3, 0.4) is 0 Å². The fourth-order valence-corrected chi connectivity index (χ4v) is 5.58. The molecule has 35 heavy (non-hydrogen) atoms. The predicted octanol–water partition coefficient (Wildman–Crippen LogP) is 3.30. The van der Waals surface area contributed by atoms with Gasteiger partial charge < -0.3 is 10.1 Å². The molecule has 0 aliphatic carbocycles. The molecule has 2 heterocycles. The minimum absolute atomic E-state index is 0.167. The van der Waals surface area contributed by atoms with E-state index in [1.165, 1.54) is 45.5 Å². The van der Waals surface area contributed by atoms with Crippen molar-refractivity contribution in [3.05, 3.63) is 76.7 Å². The van der Waals surface area contributed by atoms with Gasteiger partial charge in [0.05, 0.1) is 17.2 Å². The van der Waals surface area contributed by atoms with Gasteiger partial charge in [0.15, 0.2) is 5.69 Å². The van der Waals surface area contributed by atoms with E-state index in [9.17, 15) is 18.0 Å². The Kier molecular flexibility index (Phi) is 7.32. The second-order valence-electron chi connectivity index (χ2n) is 8.49. The van der Waals surface area contributed by atoms with Crippen molar-refractivity contribution in [3.63, 3.8) is 0 Å². The minimum atomic E-state index is -3.60. The Hall–Kier alpha value is -3.50. The second kappa shape index (κ2) is 10.4. The third-order valence-corrected chi connectivity index (χ3v) is 7.68. The summed E-state index contributed by atoms with van der Waals surface area (Å²) in [6.45, 7) is 5.49. The van der Waals surface area contributed by atoms with Gasteiger partial charge in [0.25, 0.3) is 5.91 Å². The Labute approximate surface area is 204 Å². The number of benzene rings is 2. The van der Waals surface area contributed by atoms with Crippen molar-refractivity contribution >= 4 is 21.6 Å². The Balaban J connectivity index is 1.50. The molecule has 0 spiro atoms. The Bertz CT molecular complexity index is 1350. The molecule has 2 aromatic carbocycles. The molecule has 1 fully saturated rings. The SMILES string of the molecule is CCOc1ccc(-n2ccc(=O)c(C(=O)Nc3ccc(S(=O)(=O)N4CCC[C@H](C)C4)cc3)n2)cc1. The number of nitrogens with zero attached hydrogens (tertiary/aromatic N) is 3. The maximum absolute atomic E-state index is 12.9. The van der Waals surface area contributed by atoms with Crippen molar-refractivity contribution in [2.24, 2.45) is 5.92 Å². The van der Waals surface area contributed by atoms with E-state index >= 15 is 0 Å². The van der Waals surface area contributed by atoms with Crippen molar-refractivity contribution < 1.29 is 17.9 Å². The molecule has 0 radical (unpaired) electrons. The molecule has 1 atom stereocenters. The van der Waals surface area contributed by atoms with E-state index in [-0.39, 0.29) is 10.6 Å². The third kappa shape index (κ3) is 5.60. The van der Waals surface area contributed by atoms with Gasteiger partial charge in [-0.1, -0.05) is 6.92 Å². The zero-order chi connectivity index (χ0) is 25.0. The number of rotatable bonds is 7. The molecule has 1 aliphatic heterocycles. The van der Waals surface area contributed by atoms with Gasteiger partial charge in [-0.05, 0) is 74.2 Å². The molecule has 1 aromatic heterocycles. The number of carbonyl (C=O) groups is 1. The van der Waals surface area contributed by atoms with Gasteiger partial charge in [-0.2, -0.15) is 9.40 Å². The lowest BCUT2D eigenvalue weighted by Crippen LogP contribution is -2.39. The Morgan fingerprint density at radius 2 is 1.83 bits per heavy atom. The fourth-order valence-electron chi connectivity index (χ4n) is 3.98. The summed E-state index contributed by atoms with van der Waals surface area (Å²) in [6.07, 6.45) is 3.34. The lowest BCUT2D eigenvalue weighted by molar-refractivity contribution is 0.101. The highest BCUT2D eigenvalue weighted by molar-refractivity contribution is 7.89. The van der Waals surface area contributed by atoms with Crippen LogP contribution in [0, 0.1) is 5.92 Å². The van der Waals surface area contributed by atoms with Crippen LogP contribution in [-0.4, -0.2) is 48.1 Å². The van der Waals surface area contributed by atoms with E-state index in [0.29, 0.717) is 42.7 Å². The van der Waals surface area contributed by atoms with Gasteiger partial charge in [0.1, 0.15) is 5.75 Å². The van der Waals surface area contributed by atoms with Crippen molar-refractivity contribution in [2.45, 2.75) is 31.6 Å². The van der Waals surface area contributed by atoms with Gasteiger partial charge in [-0.15, -0.1) is 0 Å². The van der Waals surface area contributed by atoms with Crippen molar-refractivity contribution in [1.29, 1.82) is 0 Å². The summed E-state index contributed by atoms with van der Waals surface area (Å²) in [4.78, 5) is 25.3. The topological polar surface area (TPSA) is 111 Å². The molecule has 10 heteroatoms. The van der Waals surface area contributed by atoms with Crippen LogP contribution in [0.15, 0.2) is 70.5 Å². The number of nitrogens with one attached hydrogen (secondary N) is 1. The first-order valence-corrected chi connectivity index (χ1v) is 13.0. The van der Waals surface area contributed by atoms with Crippen LogP contribution in [0.25, 0.3) is 5.69 Å². The number of hydrogen-bond acceptors (Lipinski definition) is 6. The predicted molar refractivity (Wildman–Crippen MR) is 133 cm³/mol. The summed E-state index contributed by atoms with van der Waals surface area (Å²) in [5.74, 6) is 0.341. The van der Waals surface area contributed by atoms with Crippen molar-refractivity contribution in [1.82, 2.24) is 14.1 Å². The number of piperidine rings is 1. The van der Waals surface area contributed by atoms with Crippen LogP contribution in [-0.2, 0) is 10.0 Å². The molecule has 1 saturated heterocycles. The molecule has 0 unspecified atom stereocenters. The smallest absolute Gasteiger partial charge is 0.280 e. The maximum Gasteiger partial charge on any atom is 0.280 e. The lowest BCUT2D eigenvalue weighted by Gasteiger charge is -2.30. The molecule has 1 N–H and O–H groups in total. The van der Waals surface area contributed by atoms with Crippen molar-refractivity contribution in [2.75, 3.05) is 25.0 Å². The lowest BCUT2D eigenvalue weighted by atomic mass is 10.0. The highest BCUT2D eigenvalue weighted by Gasteiger charge is 2.28. The highest BCUT2D eigenvalue weighted by atomic mass is 32.2. The summed E-state index contributed by atoms with van der Waals surface area (Å²) in [5.41, 5.74) is 0.214. The Morgan fingerprint density at radius 1 is 1.11 bits per heavy atom. The van der Waals surface area contributed by atoms with Crippen LogP contribution in [0.2, 0.25) is 0 Å². The first-order valence-electron chi connectivity index (χ1n) is 11.5. The molecule has 9 nitrogen and oxygen atoms in total. The zero-order valence-electron chi connectivity index (χ0n) is 19.7. The summed E-state index contributed by atoms with van der Waals surface area (Å²) >= 11 is 0. The number of carbonyl (C=O) groups excluding carboxylic acids is 1. The van der Waals surface area contributed by atoms with E-state index in [1.807, 2.05) is 13.8 Å². The largest absolute Gasteiger partial charge is 0.494 e. The number of amides is 1. The molecule has 4 rings (SSSR count). The quantitative estimate of drug-likeness (QED) is 0.537. The molecule has 0 bridgehead atoms. The van der Waals surface area contributed by atoms with Crippen LogP contribution < -0.4 is 15.5 Å². The first-order chi connectivity index (χ1) is 16.8. The number of hydrogen-bond donors (Lipinski definition) is 1. The van der Waals surface area contributed by atoms with E-state index < -0.39 is 21.4 Å². The number of ether oxygens (including phenoxy) is 1. The zero-order valence-corrected chi connectivity index (χ0v) is 20.5. The number of anilines is 1. The molecule has 1 aliphatic rings. The minimum Gasteiger partial charge on any atom is -0.494 e. The van der Waals surface area contributed by atoms with Crippen LogP contribution in [0.5, 0.6) is 5.75 Å². The monoisotopic (exact) mass is 496 g/mol. The Morgan fingerprint density at radius 3 is 2.49 bits per heavy atom. The molecule has 184 valence electrons. The maximum atomic E-state index is 12.9. The van der Waals surface area contributed by atoms with Gasteiger partial charge in [-0.3, -0.25) is 9.59 Å². The van der Waals surface area contributed by atoms with Crippen LogP contribution in [0.1, 0.15) is 37.2 Å². The average molecular weight is 497 g/mol. The summed E-state index contributed by atoms with van der Waals surface area (Å²) in [6, 6.07) is 14.3. The fraction of sp³-hybridized carbons (Fsp3) is 0.320. The van der Waals surface area contributed by atoms with Gasteiger partial charge in [0, 0.05) is 31.0 Å². The van der Waals surface area contributed by atoms with E-state index in [4.69, 9.17) is 4.74 Å². The molecule has 3 aromatic rings. The molecule has 1 amide bonds. The first kappa shape index (κ1) is 24.6. The highest BCUT2D eigenvalue weighted by Crippen LogP contribution is 2.24.